The van der Waals surface area contributed by atoms with Gasteiger partial charge in [-0.05, 0) is 12.1 Å². The lowest BCUT2D eigenvalue weighted by molar-refractivity contribution is -0.137. The van der Waals surface area contributed by atoms with E-state index < -0.39 is 11.7 Å². The Morgan fingerprint density at radius 1 is 1.08 bits per heavy atom. The molecule has 0 amide bonds. The van der Waals surface area contributed by atoms with Crippen LogP contribution >= 0.6 is 0 Å². The van der Waals surface area contributed by atoms with Crippen molar-refractivity contribution in [3.8, 4) is 11.3 Å². The number of hydrogen-bond acceptors (Lipinski definition) is 3. The van der Waals surface area contributed by atoms with Gasteiger partial charge >= 0.3 is 6.18 Å². The summed E-state index contributed by atoms with van der Waals surface area (Å²) in [5.74, 6) is 0.380. The molecule has 0 saturated carbocycles. The van der Waals surface area contributed by atoms with Gasteiger partial charge in [-0.15, -0.1) is 0 Å². The van der Waals surface area contributed by atoms with Crippen LogP contribution in [0.25, 0.3) is 11.3 Å². The maximum Gasteiger partial charge on any atom is 0.417 e. The average molecular weight is 332 g/mol. The number of nitrogens with zero attached hydrogens (tertiary/aromatic N) is 3. The zero-order chi connectivity index (χ0) is 17.2. The van der Waals surface area contributed by atoms with E-state index in [2.05, 4.69) is 15.4 Å². The first-order valence-electron chi connectivity index (χ1n) is 7.28. The molecule has 124 valence electrons. The molecule has 3 rings (SSSR count). The highest BCUT2D eigenvalue weighted by molar-refractivity contribution is 5.63. The molecular formula is C17H15F3N4. The van der Waals surface area contributed by atoms with Crippen LogP contribution in [0.4, 0.5) is 19.0 Å². The van der Waals surface area contributed by atoms with Crippen molar-refractivity contribution in [3.05, 3.63) is 66.0 Å². The molecule has 0 radical (unpaired) electrons. The molecule has 1 aromatic carbocycles. The molecule has 0 aliphatic carbocycles. The van der Waals surface area contributed by atoms with Crippen LogP contribution in [0.5, 0.6) is 0 Å². The summed E-state index contributed by atoms with van der Waals surface area (Å²) in [7, 11) is 1.83. The summed E-state index contributed by atoms with van der Waals surface area (Å²) in [6.07, 6.45) is -1.68. The zero-order valence-electron chi connectivity index (χ0n) is 12.9. The minimum Gasteiger partial charge on any atom is -0.366 e. The highest BCUT2D eigenvalue weighted by atomic mass is 19.4. The van der Waals surface area contributed by atoms with Crippen LogP contribution in [0.1, 0.15) is 11.1 Å². The third kappa shape index (κ3) is 3.56. The first-order chi connectivity index (χ1) is 11.4. The van der Waals surface area contributed by atoms with E-state index in [9.17, 15) is 13.2 Å². The molecule has 3 aromatic rings. The van der Waals surface area contributed by atoms with Gasteiger partial charge in [0, 0.05) is 37.1 Å². The molecule has 0 aliphatic heterocycles. The molecule has 0 aliphatic rings. The van der Waals surface area contributed by atoms with Gasteiger partial charge in [-0.1, -0.05) is 30.3 Å². The van der Waals surface area contributed by atoms with Gasteiger partial charge < -0.3 is 5.32 Å². The standard InChI is InChI=1S/C17H15F3N4/c1-24-11-13(16(23-24)12-5-3-2-4-6-12)9-21-15-8-7-14(10-22-15)17(18,19)20/h2-8,10-11H,9H2,1H3,(H,21,22). The van der Waals surface area contributed by atoms with Gasteiger partial charge in [-0.3, -0.25) is 4.68 Å². The fourth-order valence-electron chi connectivity index (χ4n) is 2.36. The quantitative estimate of drug-likeness (QED) is 0.782. The number of hydrogen-bond donors (Lipinski definition) is 1. The predicted octanol–water partition coefficient (Wildman–Crippen LogP) is 4.11. The summed E-state index contributed by atoms with van der Waals surface area (Å²) in [4.78, 5) is 3.81. The lowest BCUT2D eigenvalue weighted by Gasteiger charge is -2.08. The monoisotopic (exact) mass is 332 g/mol. The van der Waals surface area contributed by atoms with Gasteiger partial charge in [-0.2, -0.15) is 18.3 Å². The smallest absolute Gasteiger partial charge is 0.366 e. The van der Waals surface area contributed by atoms with Gasteiger partial charge in [0.15, 0.2) is 0 Å². The zero-order valence-corrected chi connectivity index (χ0v) is 12.9. The molecule has 24 heavy (non-hydrogen) atoms. The van der Waals surface area contributed by atoms with E-state index in [1.54, 1.807) is 4.68 Å². The summed E-state index contributed by atoms with van der Waals surface area (Å²) >= 11 is 0. The van der Waals surface area contributed by atoms with Gasteiger partial charge in [0.2, 0.25) is 0 Å². The molecule has 0 unspecified atom stereocenters. The van der Waals surface area contributed by atoms with Gasteiger partial charge in [-0.25, -0.2) is 4.98 Å². The maximum atomic E-state index is 12.5. The number of alkyl halides is 3. The molecule has 2 heterocycles. The lowest BCUT2D eigenvalue weighted by atomic mass is 10.1. The van der Waals surface area contributed by atoms with Crippen molar-refractivity contribution < 1.29 is 13.2 Å². The lowest BCUT2D eigenvalue weighted by Crippen LogP contribution is -2.07. The van der Waals surface area contributed by atoms with E-state index in [0.29, 0.717) is 12.4 Å². The molecule has 0 saturated heterocycles. The first-order valence-corrected chi connectivity index (χ1v) is 7.28. The molecule has 1 N–H and O–H groups in total. The Morgan fingerprint density at radius 3 is 2.46 bits per heavy atom. The summed E-state index contributed by atoms with van der Waals surface area (Å²) in [5, 5.41) is 7.48. The van der Waals surface area contributed by atoms with E-state index in [1.165, 1.54) is 6.07 Å². The van der Waals surface area contributed by atoms with Crippen LogP contribution in [-0.2, 0) is 19.8 Å². The Hall–Kier alpha value is -2.83. The number of aryl methyl sites for hydroxylation is 1. The summed E-state index contributed by atoms with van der Waals surface area (Å²) in [5.41, 5.74) is 1.98. The summed E-state index contributed by atoms with van der Waals surface area (Å²) < 4.78 is 39.3. The number of nitrogens with one attached hydrogen (secondary N) is 1. The van der Waals surface area contributed by atoms with Crippen LogP contribution in [0.15, 0.2) is 54.9 Å². The van der Waals surface area contributed by atoms with E-state index in [1.807, 2.05) is 43.6 Å². The SMILES string of the molecule is Cn1cc(CNc2ccc(C(F)(F)F)cn2)c(-c2ccccc2)n1. The van der Waals surface area contributed by atoms with E-state index in [4.69, 9.17) is 0 Å². The molecule has 0 bridgehead atoms. The third-order valence-corrected chi connectivity index (χ3v) is 3.50. The van der Waals surface area contributed by atoms with E-state index in [-0.39, 0.29) is 0 Å². The maximum absolute atomic E-state index is 12.5. The van der Waals surface area contributed by atoms with E-state index in [0.717, 1.165) is 29.1 Å². The molecule has 0 atom stereocenters. The topological polar surface area (TPSA) is 42.7 Å². The van der Waals surface area contributed by atoms with Crippen LogP contribution in [-0.4, -0.2) is 14.8 Å². The van der Waals surface area contributed by atoms with Crippen LogP contribution in [0.3, 0.4) is 0 Å². The van der Waals surface area contributed by atoms with Crippen LogP contribution in [0.2, 0.25) is 0 Å². The number of halogens is 3. The fourth-order valence-corrected chi connectivity index (χ4v) is 2.36. The minimum absolute atomic E-state index is 0.380. The Kier molecular flexibility index (Phi) is 4.24. The van der Waals surface area contributed by atoms with Crippen LogP contribution in [0, 0.1) is 0 Å². The highest BCUT2D eigenvalue weighted by Crippen LogP contribution is 2.29. The minimum atomic E-state index is -4.38. The molecule has 0 spiro atoms. The number of pyridine rings is 1. The number of rotatable bonds is 4. The second-order valence-electron chi connectivity index (χ2n) is 5.33. The average Bonchev–Trinajstić information content (AvgIpc) is 2.94. The molecular weight excluding hydrogens is 317 g/mol. The van der Waals surface area contributed by atoms with Crippen molar-refractivity contribution in [2.45, 2.75) is 12.7 Å². The van der Waals surface area contributed by atoms with Crippen molar-refractivity contribution in [2.24, 2.45) is 7.05 Å². The Labute approximate surface area is 137 Å². The van der Waals surface area contributed by atoms with E-state index >= 15 is 0 Å². The summed E-state index contributed by atoms with van der Waals surface area (Å²) in [6, 6.07) is 12.0. The number of aromatic nitrogens is 3. The van der Waals surface area contributed by atoms with Crippen molar-refractivity contribution >= 4 is 5.82 Å². The highest BCUT2D eigenvalue weighted by Gasteiger charge is 2.30. The second kappa shape index (κ2) is 6.35. The number of benzene rings is 1. The van der Waals surface area contributed by atoms with Crippen LogP contribution < -0.4 is 5.32 Å². The Morgan fingerprint density at radius 2 is 1.83 bits per heavy atom. The van der Waals surface area contributed by atoms with Crippen molar-refractivity contribution in [3.63, 3.8) is 0 Å². The van der Waals surface area contributed by atoms with Crippen molar-refractivity contribution in [1.82, 2.24) is 14.8 Å². The Bertz CT molecular complexity index is 808. The van der Waals surface area contributed by atoms with Crippen molar-refractivity contribution in [1.29, 1.82) is 0 Å². The van der Waals surface area contributed by atoms with Gasteiger partial charge in [0.1, 0.15) is 5.82 Å². The molecule has 7 heteroatoms. The predicted molar refractivity (Wildman–Crippen MR) is 85.2 cm³/mol. The molecule has 4 nitrogen and oxygen atoms in total. The summed E-state index contributed by atoms with van der Waals surface area (Å²) in [6.45, 7) is 0.413. The number of anilines is 1. The van der Waals surface area contributed by atoms with Gasteiger partial charge in [0.25, 0.3) is 0 Å². The first kappa shape index (κ1) is 16.0. The largest absolute Gasteiger partial charge is 0.417 e. The molecule has 2 aromatic heterocycles. The van der Waals surface area contributed by atoms with Gasteiger partial charge in [0.05, 0.1) is 11.3 Å². The normalized spacial score (nSPS) is 11.5. The fraction of sp³-hybridized carbons (Fsp3) is 0.176. The Balaban J connectivity index is 1.76. The second-order valence-corrected chi connectivity index (χ2v) is 5.33. The third-order valence-electron chi connectivity index (χ3n) is 3.50. The molecule has 0 fully saturated rings. The van der Waals surface area contributed by atoms with Crippen molar-refractivity contribution in [2.75, 3.05) is 5.32 Å².